The molecule has 6 nitrogen and oxygen atoms in total. The third-order valence-corrected chi connectivity index (χ3v) is 4.67. The van der Waals surface area contributed by atoms with Gasteiger partial charge in [-0.2, -0.15) is 5.10 Å². The van der Waals surface area contributed by atoms with Crippen molar-refractivity contribution < 1.29 is 9.59 Å². The third-order valence-electron chi connectivity index (χ3n) is 4.67. The number of anilines is 1. The summed E-state index contributed by atoms with van der Waals surface area (Å²) in [5, 5.41) is 7.45. The molecule has 0 radical (unpaired) electrons. The lowest BCUT2D eigenvalue weighted by molar-refractivity contribution is -0.131. The first-order valence-corrected chi connectivity index (χ1v) is 8.90. The summed E-state index contributed by atoms with van der Waals surface area (Å²) in [7, 11) is 0. The van der Waals surface area contributed by atoms with Crippen LogP contribution in [0, 0.1) is 19.8 Å². The van der Waals surface area contributed by atoms with E-state index in [1.54, 1.807) is 9.58 Å². The maximum atomic E-state index is 12.7. The highest BCUT2D eigenvalue weighted by atomic mass is 16.2. The molecule has 1 saturated heterocycles. The molecular weight excluding hydrogens is 328 g/mol. The molecule has 1 N–H and O–H groups in total. The van der Waals surface area contributed by atoms with E-state index in [4.69, 9.17) is 0 Å². The molecule has 1 unspecified atom stereocenters. The zero-order chi connectivity index (χ0) is 19.1. The lowest BCUT2D eigenvalue weighted by Gasteiger charge is -2.31. The molecule has 6 heteroatoms. The maximum absolute atomic E-state index is 12.7. The predicted octanol–water partition coefficient (Wildman–Crippen LogP) is 3.07. The normalized spacial score (nSPS) is 17.7. The average Bonchev–Trinajstić information content (AvgIpc) is 3.11. The molecule has 0 saturated carbocycles. The van der Waals surface area contributed by atoms with Crippen molar-refractivity contribution in [3.63, 3.8) is 0 Å². The molecule has 0 bridgehead atoms. The molecule has 3 rings (SSSR count). The molecule has 138 valence electrons. The molecule has 1 atom stereocenters. The quantitative estimate of drug-likeness (QED) is 0.921. The van der Waals surface area contributed by atoms with Gasteiger partial charge in [0.1, 0.15) is 5.82 Å². The van der Waals surface area contributed by atoms with Crippen LogP contribution < -0.4 is 5.32 Å². The van der Waals surface area contributed by atoms with Crippen molar-refractivity contribution in [2.24, 2.45) is 5.92 Å². The number of carbonyl (C=O) groups is 2. The summed E-state index contributed by atoms with van der Waals surface area (Å²) in [5.74, 6) is 0.167. The van der Waals surface area contributed by atoms with E-state index in [-0.39, 0.29) is 29.7 Å². The molecule has 1 aliphatic rings. The van der Waals surface area contributed by atoms with Gasteiger partial charge in [0.15, 0.2) is 0 Å². The van der Waals surface area contributed by atoms with Crippen LogP contribution in [0.4, 0.5) is 5.82 Å². The minimum Gasteiger partial charge on any atom is -0.337 e. The number of amides is 2. The number of aryl methyl sites for hydroxylation is 2. The number of benzene rings is 1. The average molecular weight is 354 g/mol. The zero-order valence-corrected chi connectivity index (χ0v) is 16.0. The van der Waals surface area contributed by atoms with Crippen LogP contribution in [-0.4, -0.2) is 38.6 Å². The van der Waals surface area contributed by atoms with Crippen LogP contribution in [0.15, 0.2) is 30.3 Å². The minimum absolute atomic E-state index is 0.0286. The lowest BCUT2D eigenvalue weighted by atomic mass is 10.1. The summed E-state index contributed by atoms with van der Waals surface area (Å²) in [5.41, 5.74) is 2.60. The fourth-order valence-corrected chi connectivity index (χ4v) is 3.23. The second-order valence-corrected chi connectivity index (χ2v) is 7.98. The first kappa shape index (κ1) is 18.2. The number of nitrogens with zero attached hydrogens (tertiary/aromatic N) is 3. The highest BCUT2D eigenvalue weighted by Gasteiger charge is 2.39. The summed E-state index contributed by atoms with van der Waals surface area (Å²) >= 11 is 0. The Morgan fingerprint density at radius 1 is 1.19 bits per heavy atom. The molecule has 0 aliphatic carbocycles. The monoisotopic (exact) mass is 354 g/mol. The molecule has 2 amide bonds. The topological polar surface area (TPSA) is 67.2 Å². The first-order chi connectivity index (χ1) is 12.1. The molecule has 2 heterocycles. The summed E-state index contributed by atoms with van der Waals surface area (Å²) in [4.78, 5) is 26.8. The van der Waals surface area contributed by atoms with Crippen molar-refractivity contribution in [2.45, 2.75) is 46.6 Å². The molecule has 1 aliphatic heterocycles. The van der Waals surface area contributed by atoms with Crippen LogP contribution in [-0.2, 0) is 9.59 Å². The van der Waals surface area contributed by atoms with E-state index in [9.17, 15) is 9.59 Å². The Balaban J connectivity index is 1.79. The van der Waals surface area contributed by atoms with Crippen LogP contribution in [0.1, 0.15) is 38.4 Å². The van der Waals surface area contributed by atoms with Crippen LogP contribution in [0.2, 0.25) is 0 Å². The van der Waals surface area contributed by atoms with E-state index in [0.717, 1.165) is 16.9 Å². The van der Waals surface area contributed by atoms with E-state index < -0.39 is 0 Å². The van der Waals surface area contributed by atoms with Gasteiger partial charge in [0.25, 0.3) is 0 Å². The van der Waals surface area contributed by atoms with Gasteiger partial charge in [-0.25, -0.2) is 4.68 Å². The molecular formula is C20H26N4O2. The van der Waals surface area contributed by atoms with Crippen molar-refractivity contribution >= 4 is 17.6 Å². The number of aromatic nitrogens is 2. The fourth-order valence-electron chi connectivity index (χ4n) is 3.23. The van der Waals surface area contributed by atoms with E-state index >= 15 is 0 Å². The van der Waals surface area contributed by atoms with E-state index in [2.05, 4.69) is 10.4 Å². The van der Waals surface area contributed by atoms with Gasteiger partial charge in [-0.05, 0) is 46.8 Å². The summed E-state index contributed by atoms with van der Waals surface area (Å²) in [6.45, 7) is 10.3. The lowest BCUT2D eigenvalue weighted by Crippen LogP contribution is -2.42. The number of hydrogen-bond acceptors (Lipinski definition) is 3. The first-order valence-electron chi connectivity index (χ1n) is 8.90. The second kappa shape index (κ2) is 6.59. The molecule has 0 spiro atoms. The standard InChI is InChI=1S/C20H26N4O2/c1-13-6-8-16(9-7-13)24-17(10-14(2)22-24)21-19(26)15-11-18(25)23(12-15)20(3,4)5/h6-10,15H,11-12H2,1-5H3,(H,21,26). The smallest absolute Gasteiger partial charge is 0.230 e. The molecule has 1 fully saturated rings. The number of nitrogens with one attached hydrogen (secondary N) is 1. The van der Waals surface area contributed by atoms with E-state index in [1.165, 1.54) is 0 Å². The minimum atomic E-state index is -0.344. The molecule has 1 aromatic carbocycles. The van der Waals surface area contributed by atoms with Gasteiger partial charge in [-0.15, -0.1) is 0 Å². The second-order valence-electron chi connectivity index (χ2n) is 7.98. The van der Waals surface area contributed by atoms with Crippen molar-refractivity contribution in [3.05, 3.63) is 41.6 Å². The summed E-state index contributed by atoms with van der Waals surface area (Å²) < 4.78 is 1.73. The van der Waals surface area contributed by atoms with Gasteiger partial charge in [0.05, 0.1) is 17.3 Å². The molecule has 26 heavy (non-hydrogen) atoms. The van der Waals surface area contributed by atoms with Crippen LogP contribution >= 0.6 is 0 Å². The molecule has 2 aromatic rings. The largest absolute Gasteiger partial charge is 0.337 e. The Morgan fingerprint density at radius 3 is 2.42 bits per heavy atom. The van der Waals surface area contributed by atoms with Gasteiger partial charge in [-0.3, -0.25) is 9.59 Å². The number of likely N-dealkylation sites (tertiary alicyclic amines) is 1. The Kier molecular flexibility index (Phi) is 4.61. The number of rotatable bonds is 3. The maximum Gasteiger partial charge on any atom is 0.230 e. The summed E-state index contributed by atoms with van der Waals surface area (Å²) in [6, 6.07) is 9.80. The van der Waals surface area contributed by atoms with E-state index in [0.29, 0.717) is 12.4 Å². The Labute approximate surface area is 154 Å². The number of hydrogen-bond donors (Lipinski definition) is 1. The van der Waals surface area contributed by atoms with Crippen LogP contribution in [0.3, 0.4) is 0 Å². The third kappa shape index (κ3) is 3.64. The van der Waals surface area contributed by atoms with E-state index in [1.807, 2.05) is 65.0 Å². The van der Waals surface area contributed by atoms with Crippen LogP contribution in [0.5, 0.6) is 0 Å². The SMILES string of the molecule is Cc1ccc(-n2nc(C)cc2NC(=O)C2CC(=O)N(C(C)(C)C)C2)cc1. The highest BCUT2D eigenvalue weighted by molar-refractivity contribution is 5.97. The van der Waals surface area contributed by atoms with Gasteiger partial charge < -0.3 is 10.2 Å². The predicted molar refractivity (Wildman–Crippen MR) is 101 cm³/mol. The zero-order valence-electron chi connectivity index (χ0n) is 16.0. The van der Waals surface area contributed by atoms with Crippen molar-refractivity contribution in [1.29, 1.82) is 0 Å². The van der Waals surface area contributed by atoms with Crippen molar-refractivity contribution in [3.8, 4) is 5.69 Å². The highest BCUT2D eigenvalue weighted by Crippen LogP contribution is 2.27. The molecule has 1 aromatic heterocycles. The Bertz CT molecular complexity index is 830. The number of carbonyl (C=O) groups excluding carboxylic acids is 2. The van der Waals surface area contributed by atoms with Crippen LogP contribution in [0.25, 0.3) is 5.69 Å². The fraction of sp³-hybridized carbons (Fsp3) is 0.450. The van der Waals surface area contributed by atoms with Gasteiger partial charge >= 0.3 is 0 Å². The van der Waals surface area contributed by atoms with Gasteiger partial charge in [0, 0.05) is 24.6 Å². The van der Waals surface area contributed by atoms with Gasteiger partial charge in [0.2, 0.25) is 11.8 Å². The summed E-state index contributed by atoms with van der Waals surface area (Å²) in [6.07, 6.45) is 0.251. The van der Waals surface area contributed by atoms with Gasteiger partial charge in [-0.1, -0.05) is 17.7 Å². The van der Waals surface area contributed by atoms with Crippen molar-refractivity contribution in [1.82, 2.24) is 14.7 Å². The Morgan fingerprint density at radius 2 is 1.85 bits per heavy atom. The Hall–Kier alpha value is -2.63. The van der Waals surface area contributed by atoms with Crippen molar-refractivity contribution in [2.75, 3.05) is 11.9 Å².